The van der Waals surface area contributed by atoms with Gasteiger partial charge in [0.05, 0.1) is 4.92 Å². The highest BCUT2D eigenvalue weighted by molar-refractivity contribution is 6.30. The lowest BCUT2D eigenvalue weighted by molar-refractivity contribution is -0.384. The number of nitrogens with zero attached hydrogens (tertiary/aromatic N) is 1. The number of carbonyl (C=O) groups is 2. The smallest absolute Gasteiger partial charge is 0.272 e. The Morgan fingerprint density at radius 2 is 1.62 bits per heavy atom. The van der Waals surface area contributed by atoms with Crippen molar-refractivity contribution in [2.24, 2.45) is 0 Å². The van der Waals surface area contributed by atoms with Crippen LogP contribution in [0, 0.1) is 17.0 Å². The van der Waals surface area contributed by atoms with E-state index in [4.69, 9.17) is 11.6 Å². The Morgan fingerprint density at radius 1 is 0.971 bits per heavy atom. The summed E-state index contributed by atoms with van der Waals surface area (Å²) in [7, 11) is 0. The maximum Gasteiger partial charge on any atom is 0.272 e. The van der Waals surface area contributed by atoms with Gasteiger partial charge in [0, 0.05) is 45.9 Å². The van der Waals surface area contributed by atoms with Gasteiger partial charge in [-0.25, -0.2) is 0 Å². The number of benzene rings is 3. The van der Waals surface area contributed by atoms with Crippen molar-refractivity contribution in [3.8, 4) is 0 Å². The molecule has 0 atom stereocenters. The molecule has 0 saturated carbocycles. The van der Waals surface area contributed by atoms with Gasteiger partial charge in [-0.2, -0.15) is 0 Å². The van der Waals surface area contributed by atoms with Gasteiger partial charge < -0.3 is 15.6 Å². The fourth-order valence-electron chi connectivity index (χ4n) is 3.63. The van der Waals surface area contributed by atoms with Gasteiger partial charge >= 0.3 is 0 Å². The molecule has 1 heterocycles. The molecule has 0 saturated heterocycles. The Kier molecular flexibility index (Phi) is 6.60. The number of fused-ring (bicyclic) bond motifs is 1. The van der Waals surface area contributed by atoms with E-state index in [1.807, 2.05) is 19.1 Å². The molecule has 8 nitrogen and oxygen atoms in total. The number of aromatic amines is 1. The van der Waals surface area contributed by atoms with E-state index in [2.05, 4.69) is 15.6 Å². The van der Waals surface area contributed by atoms with Gasteiger partial charge in [0.2, 0.25) is 5.91 Å². The van der Waals surface area contributed by atoms with Crippen molar-refractivity contribution < 1.29 is 14.5 Å². The van der Waals surface area contributed by atoms with Crippen LogP contribution in [0.1, 0.15) is 28.0 Å². The van der Waals surface area contributed by atoms with Crippen LogP contribution in [-0.4, -0.2) is 21.7 Å². The van der Waals surface area contributed by atoms with E-state index in [1.165, 1.54) is 12.1 Å². The zero-order valence-electron chi connectivity index (χ0n) is 18.2. The number of aryl methyl sites for hydroxylation is 2. The monoisotopic (exact) mass is 476 g/mol. The normalized spacial score (nSPS) is 10.8. The predicted octanol–water partition coefficient (Wildman–Crippen LogP) is 5.86. The van der Waals surface area contributed by atoms with Gasteiger partial charge in [0.25, 0.3) is 11.6 Å². The second-order valence-electron chi connectivity index (χ2n) is 7.84. The molecule has 172 valence electrons. The van der Waals surface area contributed by atoms with Crippen LogP contribution < -0.4 is 10.6 Å². The van der Waals surface area contributed by atoms with Crippen LogP contribution in [0.4, 0.5) is 17.1 Å². The van der Waals surface area contributed by atoms with Crippen LogP contribution >= 0.6 is 11.6 Å². The largest absolute Gasteiger partial charge is 0.350 e. The molecule has 0 aliphatic heterocycles. The number of anilines is 2. The first-order valence-electron chi connectivity index (χ1n) is 10.5. The van der Waals surface area contributed by atoms with Crippen LogP contribution in [0.25, 0.3) is 10.9 Å². The van der Waals surface area contributed by atoms with E-state index < -0.39 is 10.8 Å². The first kappa shape index (κ1) is 23.0. The minimum Gasteiger partial charge on any atom is -0.350 e. The highest BCUT2D eigenvalue weighted by Crippen LogP contribution is 2.28. The number of aromatic nitrogens is 1. The lowest BCUT2D eigenvalue weighted by Gasteiger charge is -2.08. The zero-order chi connectivity index (χ0) is 24.2. The maximum atomic E-state index is 13.1. The summed E-state index contributed by atoms with van der Waals surface area (Å²) in [4.78, 5) is 39.5. The number of H-pyrrole nitrogens is 1. The van der Waals surface area contributed by atoms with Gasteiger partial charge in [0.1, 0.15) is 5.69 Å². The summed E-state index contributed by atoms with van der Waals surface area (Å²) in [5.74, 6) is -0.650. The van der Waals surface area contributed by atoms with Gasteiger partial charge in [-0.15, -0.1) is 0 Å². The Balaban J connectivity index is 1.61. The van der Waals surface area contributed by atoms with Crippen LogP contribution in [0.2, 0.25) is 5.02 Å². The van der Waals surface area contributed by atoms with E-state index in [9.17, 15) is 19.7 Å². The molecule has 2 amide bonds. The molecule has 0 unspecified atom stereocenters. The van der Waals surface area contributed by atoms with Gasteiger partial charge in [-0.3, -0.25) is 19.7 Å². The topological polar surface area (TPSA) is 117 Å². The van der Waals surface area contributed by atoms with Crippen molar-refractivity contribution in [1.29, 1.82) is 0 Å². The van der Waals surface area contributed by atoms with Gasteiger partial charge in [-0.1, -0.05) is 29.3 Å². The molecule has 1 aromatic heterocycles. The van der Waals surface area contributed by atoms with Gasteiger partial charge in [0.15, 0.2) is 0 Å². The number of rotatable bonds is 7. The third-order valence-corrected chi connectivity index (χ3v) is 5.62. The molecule has 0 fully saturated rings. The maximum absolute atomic E-state index is 13.1. The average molecular weight is 477 g/mol. The molecule has 4 rings (SSSR count). The molecule has 0 bridgehead atoms. The predicted molar refractivity (Wildman–Crippen MR) is 132 cm³/mol. The van der Waals surface area contributed by atoms with E-state index >= 15 is 0 Å². The molecule has 0 spiro atoms. The molecule has 3 aromatic carbocycles. The van der Waals surface area contributed by atoms with E-state index in [1.54, 1.807) is 42.5 Å². The SMILES string of the molecule is Cc1ccc(NC(=O)c2[nH]c3ccc([N+](=O)[O-])cc3c2CCC(=O)Nc2ccc(Cl)cc2)cc1. The molecule has 4 aromatic rings. The van der Waals surface area contributed by atoms with Crippen molar-refractivity contribution in [2.75, 3.05) is 10.6 Å². The Hall–Kier alpha value is -4.17. The minimum atomic E-state index is -0.491. The average Bonchev–Trinajstić information content (AvgIpc) is 3.18. The number of nitro benzene ring substituents is 1. The first-order valence-corrected chi connectivity index (χ1v) is 10.9. The van der Waals surface area contributed by atoms with Gasteiger partial charge in [-0.05, 0) is 61.4 Å². The number of non-ortho nitro benzene ring substituents is 1. The number of halogens is 1. The van der Waals surface area contributed by atoms with Crippen LogP contribution in [-0.2, 0) is 11.2 Å². The number of carbonyl (C=O) groups excluding carboxylic acids is 2. The first-order chi connectivity index (χ1) is 16.3. The fraction of sp³-hybridized carbons (Fsp3) is 0.120. The second kappa shape index (κ2) is 9.76. The highest BCUT2D eigenvalue weighted by atomic mass is 35.5. The van der Waals surface area contributed by atoms with Crippen molar-refractivity contribution in [3.63, 3.8) is 0 Å². The molecule has 3 N–H and O–H groups in total. The minimum absolute atomic E-state index is 0.0725. The quantitative estimate of drug-likeness (QED) is 0.228. The summed E-state index contributed by atoms with van der Waals surface area (Å²) in [6.45, 7) is 1.95. The molecule has 0 radical (unpaired) electrons. The molecule has 34 heavy (non-hydrogen) atoms. The Bertz CT molecular complexity index is 1380. The lowest BCUT2D eigenvalue weighted by Crippen LogP contribution is -2.16. The molecular weight excluding hydrogens is 456 g/mol. The van der Waals surface area contributed by atoms with E-state index in [0.717, 1.165) is 5.56 Å². The number of hydrogen-bond donors (Lipinski definition) is 3. The summed E-state index contributed by atoms with van der Waals surface area (Å²) in [6.07, 6.45) is 0.278. The Labute approximate surface area is 200 Å². The fourth-order valence-corrected chi connectivity index (χ4v) is 3.75. The van der Waals surface area contributed by atoms with E-state index in [0.29, 0.717) is 32.9 Å². The van der Waals surface area contributed by atoms with Crippen molar-refractivity contribution in [2.45, 2.75) is 19.8 Å². The number of amides is 2. The number of nitrogens with one attached hydrogen (secondary N) is 3. The van der Waals surface area contributed by atoms with Crippen molar-refractivity contribution >= 4 is 51.4 Å². The van der Waals surface area contributed by atoms with Crippen LogP contribution in [0.3, 0.4) is 0 Å². The third-order valence-electron chi connectivity index (χ3n) is 5.37. The zero-order valence-corrected chi connectivity index (χ0v) is 19.0. The summed E-state index contributed by atoms with van der Waals surface area (Å²) in [5.41, 5.74) is 3.55. The Morgan fingerprint density at radius 3 is 2.29 bits per heavy atom. The second-order valence-corrected chi connectivity index (χ2v) is 8.28. The number of nitro groups is 1. The van der Waals surface area contributed by atoms with Crippen LogP contribution in [0.15, 0.2) is 66.7 Å². The standard InChI is InChI=1S/C25H21ClN4O4/c1-15-2-6-18(7-3-15)28-25(32)24-20(21-14-19(30(33)34)10-12-22(21)29-24)11-13-23(31)27-17-8-4-16(26)5-9-17/h2-10,12,14,29H,11,13H2,1H3,(H,27,31)(H,28,32). The number of hydrogen-bond acceptors (Lipinski definition) is 4. The third kappa shape index (κ3) is 5.24. The summed E-state index contributed by atoms with van der Waals surface area (Å²) in [6, 6.07) is 18.4. The molecular formula is C25H21ClN4O4. The van der Waals surface area contributed by atoms with Crippen LogP contribution in [0.5, 0.6) is 0 Å². The lowest BCUT2D eigenvalue weighted by atomic mass is 10.0. The highest BCUT2D eigenvalue weighted by Gasteiger charge is 2.21. The van der Waals surface area contributed by atoms with Crippen molar-refractivity contribution in [3.05, 3.63) is 98.7 Å². The van der Waals surface area contributed by atoms with Crippen molar-refractivity contribution in [1.82, 2.24) is 4.98 Å². The summed E-state index contributed by atoms with van der Waals surface area (Å²) in [5, 5.41) is 18.0. The molecule has 0 aliphatic carbocycles. The summed E-state index contributed by atoms with van der Waals surface area (Å²) >= 11 is 5.88. The molecule has 0 aliphatic rings. The van der Waals surface area contributed by atoms with E-state index in [-0.39, 0.29) is 30.1 Å². The summed E-state index contributed by atoms with van der Waals surface area (Å²) < 4.78 is 0. The molecule has 9 heteroatoms.